The van der Waals surface area contributed by atoms with Gasteiger partial charge in [-0.15, -0.1) is 0 Å². The van der Waals surface area contributed by atoms with Crippen molar-refractivity contribution < 1.29 is 9.53 Å². The number of hydrogen-bond donors (Lipinski definition) is 0. The molecule has 2 aromatic heterocycles. The van der Waals surface area contributed by atoms with Crippen molar-refractivity contribution in [2.75, 3.05) is 13.1 Å². The lowest BCUT2D eigenvalue weighted by Crippen LogP contribution is -2.56. The van der Waals surface area contributed by atoms with Crippen molar-refractivity contribution in [3.8, 4) is 5.19 Å². The van der Waals surface area contributed by atoms with Gasteiger partial charge in [0.25, 0.3) is 11.1 Å². The van der Waals surface area contributed by atoms with Crippen molar-refractivity contribution in [1.29, 1.82) is 0 Å². The second-order valence-corrected chi connectivity index (χ2v) is 7.15. The summed E-state index contributed by atoms with van der Waals surface area (Å²) in [5.41, 5.74) is 1.42. The minimum atomic E-state index is -0.0173. The molecule has 0 unspecified atom stereocenters. The zero-order valence-electron chi connectivity index (χ0n) is 12.3. The molecule has 0 spiro atoms. The molecule has 0 aliphatic carbocycles. The summed E-state index contributed by atoms with van der Waals surface area (Å²) in [6.07, 6.45) is 1.72. The molecular formula is C15H13BrN4O2S. The Morgan fingerprint density at radius 3 is 3.00 bits per heavy atom. The third kappa shape index (κ3) is 2.61. The molecule has 4 rings (SSSR count). The SMILES string of the molecule is Cn1nc2cc(Br)ccc2c1C(=O)N1CC(Oc2nccs2)C1. The van der Waals surface area contributed by atoms with Crippen molar-refractivity contribution >= 4 is 44.1 Å². The molecule has 0 radical (unpaired) electrons. The Hall–Kier alpha value is -1.93. The van der Waals surface area contributed by atoms with Crippen molar-refractivity contribution in [2.45, 2.75) is 6.10 Å². The molecule has 0 saturated carbocycles. The van der Waals surface area contributed by atoms with Gasteiger partial charge in [-0.3, -0.25) is 9.48 Å². The average Bonchev–Trinajstić information content (AvgIpc) is 3.08. The minimum absolute atomic E-state index is 0.0127. The molecular weight excluding hydrogens is 380 g/mol. The van der Waals surface area contributed by atoms with E-state index in [9.17, 15) is 4.79 Å². The van der Waals surface area contributed by atoms with Crippen LogP contribution in [0.3, 0.4) is 0 Å². The van der Waals surface area contributed by atoms with E-state index in [0.717, 1.165) is 15.4 Å². The molecule has 0 bridgehead atoms. The van der Waals surface area contributed by atoms with Crippen LogP contribution >= 0.6 is 27.3 Å². The standard InChI is InChI=1S/C15H13BrN4O2S/c1-19-13(11-3-2-9(16)6-12(11)18-19)14(21)20-7-10(8-20)22-15-17-4-5-23-15/h2-6,10H,7-8H2,1H3. The lowest BCUT2D eigenvalue weighted by atomic mass is 10.1. The Labute approximate surface area is 144 Å². The Balaban J connectivity index is 1.51. The highest BCUT2D eigenvalue weighted by Gasteiger charge is 2.35. The molecule has 6 nitrogen and oxygen atoms in total. The number of ether oxygens (including phenoxy) is 1. The van der Waals surface area contributed by atoms with Crippen LogP contribution in [0.25, 0.3) is 10.9 Å². The van der Waals surface area contributed by atoms with E-state index in [4.69, 9.17) is 4.74 Å². The van der Waals surface area contributed by atoms with E-state index in [2.05, 4.69) is 26.0 Å². The Morgan fingerprint density at radius 2 is 2.26 bits per heavy atom. The Kier molecular flexibility index (Phi) is 3.57. The monoisotopic (exact) mass is 392 g/mol. The van der Waals surface area contributed by atoms with Crippen LogP contribution in [0.5, 0.6) is 5.19 Å². The van der Waals surface area contributed by atoms with Crippen LogP contribution < -0.4 is 4.74 Å². The number of amides is 1. The normalized spacial score (nSPS) is 15.0. The molecule has 0 N–H and O–H groups in total. The van der Waals surface area contributed by atoms with Gasteiger partial charge in [0.2, 0.25) is 0 Å². The van der Waals surface area contributed by atoms with Crippen LogP contribution in [0.4, 0.5) is 0 Å². The number of carbonyl (C=O) groups excluding carboxylic acids is 1. The number of thiazole rings is 1. The van der Waals surface area contributed by atoms with Crippen LogP contribution in [0.1, 0.15) is 10.5 Å². The van der Waals surface area contributed by atoms with Crippen LogP contribution in [-0.4, -0.2) is 44.8 Å². The number of likely N-dealkylation sites (tertiary alicyclic amines) is 1. The summed E-state index contributed by atoms with van der Waals surface area (Å²) in [6, 6.07) is 5.75. The summed E-state index contributed by atoms with van der Waals surface area (Å²) in [7, 11) is 1.80. The van der Waals surface area contributed by atoms with Crippen molar-refractivity contribution in [1.82, 2.24) is 19.7 Å². The van der Waals surface area contributed by atoms with Gasteiger partial charge in [0.05, 0.1) is 18.6 Å². The maximum Gasteiger partial charge on any atom is 0.273 e. The number of benzene rings is 1. The first-order valence-electron chi connectivity index (χ1n) is 7.09. The number of fused-ring (bicyclic) bond motifs is 1. The Morgan fingerprint density at radius 1 is 1.43 bits per heavy atom. The van der Waals surface area contributed by atoms with E-state index in [1.807, 2.05) is 23.6 Å². The molecule has 1 aliphatic rings. The van der Waals surface area contributed by atoms with Crippen LogP contribution in [0.2, 0.25) is 0 Å². The van der Waals surface area contributed by atoms with Gasteiger partial charge in [-0.1, -0.05) is 27.3 Å². The number of aromatic nitrogens is 3. The Bertz CT molecular complexity index is 871. The third-order valence-corrected chi connectivity index (χ3v) is 4.97. The number of rotatable bonds is 3. The first-order chi connectivity index (χ1) is 11.1. The molecule has 1 aromatic carbocycles. The molecule has 8 heteroatoms. The van der Waals surface area contributed by atoms with Gasteiger partial charge in [-0.2, -0.15) is 5.10 Å². The molecule has 1 fully saturated rings. The molecule has 3 aromatic rings. The third-order valence-electron chi connectivity index (χ3n) is 3.81. The van der Waals surface area contributed by atoms with Gasteiger partial charge in [-0.25, -0.2) is 4.98 Å². The van der Waals surface area contributed by atoms with Gasteiger partial charge in [0.1, 0.15) is 11.8 Å². The van der Waals surface area contributed by atoms with Gasteiger partial charge >= 0.3 is 0 Å². The van der Waals surface area contributed by atoms with Crippen LogP contribution in [-0.2, 0) is 7.05 Å². The highest BCUT2D eigenvalue weighted by atomic mass is 79.9. The topological polar surface area (TPSA) is 60.2 Å². The molecule has 3 heterocycles. The van der Waals surface area contributed by atoms with E-state index < -0.39 is 0 Å². The minimum Gasteiger partial charge on any atom is -0.463 e. The number of nitrogens with zero attached hydrogens (tertiary/aromatic N) is 4. The predicted molar refractivity (Wildman–Crippen MR) is 90.8 cm³/mol. The van der Waals surface area contributed by atoms with Crippen molar-refractivity contribution in [2.24, 2.45) is 7.05 Å². The fraction of sp³-hybridized carbons (Fsp3) is 0.267. The maximum absolute atomic E-state index is 12.7. The zero-order chi connectivity index (χ0) is 16.0. The van der Waals surface area contributed by atoms with Crippen molar-refractivity contribution in [3.63, 3.8) is 0 Å². The summed E-state index contributed by atoms with van der Waals surface area (Å²) in [6.45, 7) is 1.14. The quantitative estimate of drug-likeness (QED) is 0.687. The summed E-state index contributed by atoms with van der Waals surface area (Å²) in [5, 5.41) is 7.80. The number of carbonyl (C=O) groups is 1. The van der Waals surface area contributed by atoms with Gasteiger partial charge in [0.15, 0.2) is 0 Å². The fourth-order valence-corrected chi connectivity index (χ4v) is 3.57. The lowest BCUT2D eigenvalue weighted by Gasteiger charge is -2.38. The van der Waals surface area contributed by atoms with E-state index in [1.54, 1.807) is 22.8 Å². The van der Waals surface area contributed by atoms with Crippen LogP contribution in [0.15, 0.2) is 34.2 Å². The number of hydrogen-bond acceptors (Lipinski definition) is 5. The van der Waals surface area contributed by atoms with E-state index >= 15 is 0 Å². The maximum atomic E-state index is 12.7. The average molecular weight is 393 g/mol. The molecule has 118 valence electrons. The van der Waals surface area contributed by atoms with E-state index in [0.29, 0.717) is 24.0 Å². The van der Waals surface area contributed by atoms with Gasteiger partial charge in [-0.05, 0) is 18.2 Å². The van der Waals surface area contributed by atoms with Gasteiger partial charge < -0.3 is 9.64 Å². The zero-order valence-corrected chi connectivity index (χ0v) is 14.7. The molecule has 1 saturated heterocycles. The van der Waals surface area contributed by atoms with Crippen LogP contribution in [0, 0.1) is 0 Å². The lowest BCUT2D eigenvalue weighted by molar-refractivity contribution is 0.0170. The first kappa shape index (κ1) is 14.6. The number of halogens is 1. The van der Waals surface area contributed by atoms with E-state index in [1.165, 1.54) is 11.3 Å². The van der Waals surface area contributed by atoms with E-state index in [-0.39, 0.29) is 12.0 Å². The summed E-state index contributed by atoms with van der Waals surface area (Å²) >= 11 is 4.89. The molecule has 23 heavy (non-hydrogen) atoms. The first-order valence-corrected chi connectivity index (χ1v) is 8.77. The number of aryl methyl sites for hydroxylation is 1. The fourth-order valence-electron chi connectivity index (χ4n) is 2.67. The summed E-state index contributed by atoms with van der Waals surface area (Å²) < 4.78 is 8.30. The highest BCUT2D eigenvalue weighted by Crippen LogP contribution is 2.26. The molecule has 0 atom stereocenters. The van der Waals surface area contributed by atoms with Gasteiger partial charge in [0, 0.05) is 28.5 Å². The summed E-state index contributed by atoms with van der Waals surface area (Å²) in [5.74, 6) is -0.0173. The summed E-state index contributed by atoms with van der Waals surface area (Å²) in [4.78, 5) is 18.6. The molecule has 1 amide bonds. The smallest absolute Gasteiger partial charge is 0.273 e. The predicted octanol–water partition coefficient (Wildman–Crippen LogP) is 2.70. The molecule has 1 aliphatic heterocycles. The second-order valence-electron chi connectivity index (χ2n) is 5.38. The second kappa shape index (κ2) is 5.61. The highest BCUT2D eigenvalue weighted by molar-refractivity contribution is 9.10. The van der Waals surface area contributed by atoms with Crippen molar-refractivity contribution in [3.05, 3.63) is 39.9 Å². The largest absolute Gasteiger partial charge is 0.463 e.